The first-order valence-corrected chi connectivity index (χ1v) is 7.41. The number of rotatable bonds is 6. The summed E-state index contributed by atoms with van der Waals surface area (Å²) in [6.45, 7) is 1.23. The minimum atomic E-state index is -0.359. The molecule has 0 fully saturated rings. The number of benzene rings is 1. The fourth-order valence-corrected chi connectivity index (χ4v) is 2.60. The fourth-order valence-electron chi connectivity index (χ4n) is 1.66. The Hall–Kier alpha value is -1.31. The molecular formula is C12H12BrN3O2S. The Morgan fingerprint density at radius 2 is 2.32 bits per heavy atom. The number of aromatic nitrogens is 1. The highest BCUT2D eigenvalue weighted by Crippen LogP contribution is 2.23. The molecule has 0 amide bonds. The van der Waals surface area contributed by atoms with Crippen molar-refractivity contribution in [3.05, 3.63) is 54.9 Å². The number of thiazole rings is 1. The van der Waals surface area contributed by atoms with Gasteiger partial charge in [0, 0.05) is 41.0 Å². The molecule has 0 unspecified atom stereocenters. The predicted octanol–water partition coefficient (Wildman–Crippen LogP) is 3.15. The highest BCUT2D eigenvalue weighted by Gasteiger charge is 2.13. The molecule has 0 bridgehead atoms. The molecule has 2 aromatic rings. The second-order valence-electron chi connectivity index (χ2n) is 3.94. The molecule has 2 rings (SSSR count). The summed E-state index contributed by atoms with van der Waals surface area (Å²) in [5.74, 6) is 0. The minimum absolute atomic E-state index is 0.135. The Labute approximate surface area is 123 Å². The third-order valence-corrected chi connectivity index (χ3v) is 3.73. The van der Waals surface area contributed by atoms with Gasteiger partial charge in [-0.3, -0.25) is 10.1 Å². The fraction of sp³-hybridized carbons (Fsp3) is 0.250. The molecule has 0 saturated heterocycles. The lowest BCUT2D eigenvalue weighted by molar-refractivity contribution is -0.385. The van der Waals surface area contributed by atoms with Crippen molar-refractivity contribution in [1.82, 2.24) is 10.3 Å². The van der Waals surface area contributed by atoms with Crippen molar-refractivity contribution < 1.29 is 4.92 Å². The third-order valence-electron chi connectivity index (χ3n) is 2.60. The van der Waals surface area contributed by atoms with Crippen LogP contribution in [0.1, 0.15) is 11.3 Å². The second kappa shape index (κ2) is 6.74. The van der Waals surface area contributed by atoms with Crippen LogP contribution in [0, 0.1) is 10.1 Å². The molecule has 5 nitrogen and oxygen atoms in total. The van der Waals surface area contributed by atoms with E-state index in [4.69, 9.17) is 0 Å². The van der Waals surface area contributed by atoms with Gasteiger partial charge in [0.25, 0.3) is 5.69 Å². The van der Waals surface area contributed by atoms with Gasteiger partial charge in [-0.15, -0.1) is 11.3 Å². The van der Waals surface area contributed by atoms with Gasteiger partial charge in [0.05, 0.1) is 16.1 Å². The zero-order chi connectivity index (χ0) is 13.7. The van der Waals surface area contributed by atoms with E-state index in [9.17, 15) is 10.1 Å². The summed E-state index contributed by atoms with van der Waals surface area (Å²) < 4.78 is 0.713. The summed E-state index contributed by atoms with van der Waals surface area (Å²) in [6.07, 6.45) is 0.827. The molecule has 0 atom stereocenters. The van der Waals surface area contributed by atoms with E-state index in [2.05, 4.69) is 26.2 Å². The largest absolute Gasteiger partial charge is 0.312 e. The molecule has 0 spiro atoms. The summed E-state index contributed by atoms with van der Waals surface area (Å²) in [6, 6.07) is 5.10. The van der Waals surface area contributed by atoms with Crippen molar-refractivity contribution in [2.75, 3.05) is 6.54 Å². The molecular weight excluding hydrogens is 330 g/mol. The Morgan fingerprint density at radius 1 is 1.47 bits per heavy atom. The van der Waals surface area contributed by atoms with Crippen molar-refractivity contribution in [3.8, 4) is 0 Å². The molecule has 0 aliphatic carbocycles. The van der Waals surface area contributed by atoms with Crippen molar-refractivity contribution in [1.29, 1.82) is 0 Å². The Balaban J connectivity index is 1.90. The zero-order valence-corrected chi connectivity index (χ0v) is 12.4. The number of hydrogen-bond acceptors (Lipinski definition) is 5. The maximum absolute atomic E-state index is 10.9. The van der Waals surface area contributed by atoms with Gasteiger partial charge in [0.15, 0.2) is 0 Å². The smallest absolute Gasteiger partial charge is 0.275 e. The topological polar surface area (TPSA) is 68.1 Å². The third kappa shape index (κ3) is 4.09. The summed E-state index contributed by atoms with van der Waals surface area (Å²) in [7, 11) is 0. The van der Waals surface area contributed by atoms with Crippen LogP contribution in [-0.2, 0) is 13.0 Å². The van der Waals surface area contributed by atoms with Gasteiger partial charge in [-0.2, -0.15) is 0 Å². The van der Waals surface area contributed by atoms with Gasteiger partial charge in [-0.1, -0.05) is 15.9 Å². The summed E-state index contributed by atoms with van der Waals surface area (Å²) in [5, 5.41) is 16.1. The van der Waals surface area contributed by atoms with Crippen LogP contribution >= 0.6 is 27.3 Å². The monoisotopic (exact) mass is 341 g/mol. The number of hydrogen-bond donors (Lipinski definition) is 1. The summed E-state index contributed by atoms with van der Waals surface area (Å²) >= 11 is 4.81. The highest BCUT2D eigenvalue weighted by molar-refractivity contribution is 9.10. The average molecular weight is 342 g/mol. The lowest BCUT2D eigenvalue weighted by atomic mass is 10.2. The van der Waals surface area contributed by atoms with Crippen LogP contribution in [0.15, 0.2) is 33.6 Å². The van der Waals surface area contributed by atoms with E-state index in [1.165, 1.54) is 6.07 Å². The molecule has 0 aliphatic heterocycles. The molecule has 0 aliphatic rings. The van der Waals surface area contributed by atoms with E-state index >= 15 is 0 Å². The van der Waals surface area contributed by atoms with E-state index in [1.807, 2.05) is 11.4 Å². The van der Waals surface area contributed by atoms with Crippen molar-refractivity contribution in [2.24, 2.45) is 0 Å². The lowest BCUT2D eigenvalue weighted by Crippen LogP contribution is -2.17. The number of nitrogens with zero attached hydrogens (tertiary/aromatic N) is 2. The summed E-state index contributed by atoms with van der Waals surface area (Å²) in [4.78, 5) is 14.8. The van der Waals surface area contributed by atoms with Crippen LogP contribution in [0.25, 0.3) is 0 Å². The first kappa shape index (κ1) is 14.1. The molecule has 1 aromatic carbocycles. The van der Waals surface area contributed by atoms with Gasteiger partial charge in [-0.25, -0.2) is 4.98 Å². The van der Waals surface area contributed by atoms with Crippen molar-refractivity contribution >= 4 is 33.0 Å². The van der Waals surface area contributed by atoms with Gasteiger partial charge in [-0.05, 0) is 12.1 Å². The maximum Gasteiger partial charge on any atom is 0.275 e. The lowest BCUT2D eigenvalue weighted by Gasteiger charge is -2.05. The molecule has 0 radical (unpaired) electrons. The van der Waals surface area contributed by atoms with Crippen molar-refractivity contribution in [2.45, 2.75) is 13.0 Å². The molecule has 100 valence electrons. The van der Waals surface area contributed by atoms with Crippen molar-refractivity contribution in [3.63, 3.8) is 0 Å². The predicted molar refractivity (Wildman–Crippen MR) is 78.3 cm³/mol. The SMILES string of the molecule is O=[N+]([O-])c1cc(Br)ccc1CNCCc1cscn1. The first-order chi connectivity index (χ1) is 9.16. The molecule has 1 aromatic heterocycles. The number of nitro benzene ring substituents is 1. The molecule has 0 saturated carbocycles. The van der Waals surface area contributed by atoms with Gasteiger partial charge >= 0.3 is 0 Å². The van der Waals surface area contributed by atoms with Crippen LogP contribution in [-0.4, -0.2) is 16.5 Å². The number of nitrogens with one attached hydrogen (secondary N) is 1. The Kier molecular flexibility index (Phi) is 5.00. The normalized spacial score (nSPS) is 10.6. The highest BCUT2D eigenvalue weighted by atomic mass is 79.9. The quantitative estimate of drug-likeness (QED) is 0.497. The van der Waals surface area contributed by atoms with Crippen LogP contribution < -0.4 is 5.32 Å². The van der Waals surface area contributed by atoms with Gasteiger partial charge < -0.3 is 5.32 Å². The van der Waals surface area contributed by atoms with Gasteiger partial charge in [0.1, 0.15) is 0 Å². The molecule has 7 heteroatoms. The molecule has 1 heterocycles. The van der Waals surface area contributed by atoms with E-state index in [-0.39, 0.29) is 10.6 Å². The number of halogens is 1. The average Bonchev–Trinajstić information content (AvgIpc) is 2.89. The van der Waals surface area contributed by atoms with Crippen LogP contribution in [0.3, 0.4) is 0 Å². The van der Waals surface area contributed by atoms with Crippen LogP contribution in [0.4, 0.5) is 5.69 Å². The Morgan fingerprint density at radius 3 is 3.00 bits per heavy atom. The van der Waals surface area contributed by atoms with Crippen LogP contribution in [0.5, 0.6) is 0 Å². The Bertz CT molecular complexity index is 560. The van der Waals surface area contributed by atoms with Crippen LogP contribution in [0.2, 0.25) is 0 Å². The second-order valence-corrected chi connectivity index (χ2v) is 5.57. The maximum atomic E-state index is 10.9. The summed E-state index contributed by atoms with van der Waals surface area (Å²) in [5.41, 5.74) is 3.67. The van der Waals surface area contributed by atoms with Gasteiger partial charge in [0.2, 0.25) is 0 Å². The van der Waals surface area contributed by atoms with E-state index in [1.54, 1.807) is 22.9 Å². The number of nitro groups is 1. The molecule has 19 heavy (non-hydrogen) atoms. The van der Waals surface area contributed by atoms with E-state index < -0.39 is 0 Å². The van der Waals surface area contributed by atoms with E-state index in [0.717, 1.165) is 18.7 Å². The molecule has 1 N–H and O–H groups in total. The zero-order valence-electron chi connectivity index (χ0n) is 10.0. The van der Waals surface area contributed by atoms with E-state index in [0.29, 0.717) is 16.6 Å². The minimum Gasteiger partial charge on any atom is -0.312 e. The first-order valence-electron chi connectivity index (χ1n) is 5.67. The standard InChI is InChI=1S/C12H12BrN3O2S/c13-10-2-1-9(12(5-10)16(17)18)6-14-4-3-11-7-19-8-15-11/h1-2,5,7-8,14H,3-4,6H2.